The molecule has 0 radical (unpaired) electrons. The molecule has 0 spiro atoms. The number of aromatic nitrogens is 3. The van der Waals surface area contributed by atoms with Gasteiger partial charge in [-0.25, -0.2) is 0 Å². The molecular formula is C23H25N5O3. The zero-order chi connectivity index (χ0) is 22.3. The summed E-state index contributed by atoms with van der Waals surface area (Å²) in [6.45, 7) is 4.88. The van der Waals surface area contributed by atoms with Crippen LogP contribution in [0.5, 0.6) is 0 Å². The molecule has 0 saturated carbocycles. The third-order valence-electron chi connectivity index (χ3n) is 6.01. The lowest BCUT2D eigenvalue weighted by Crippen LogP contribution is -2.32. The lowest BCUT2D eigenvalue weighted by atomic mass is 10.2. The predicted octanol–water partition coefficient (Wildman–Crippen LogP) is 4.21. The van der Waals surface area contributed by atoms with E-state index in [1.807, 2.05) is 52.2 Å². The fraction of sp³-hybridized carbons (Fsp3) is 0.261. The van der Waals surface area contributed by atoms with E-state index in [-0.39, 0.29) is 11.6 Å². The van der Waals surface area contributed by atoms with Gasteiger partial charge in [0.25, 0.3) is 11.6 Å². The van der Waals surface area contributed by atoms with Gasteiger partial charge in [0.1, 0.15) is 11.2 Å². The summed E-state index contributed by atoms with van der Waals surface area (Å²) in [7, 11) is 3.96. The Balaban J connectivity index is 1.73. The molecule has 0 bridgehead atoms. The second-order valence-corrected chi connectivity index (χ2v) is 7.89. The molecule has 1 aromatic carbocycles. The van der Waals surface area contributed by atoms with Crippen molar-refractivity contribution >= 4 is 22.5 Å². The number of aromatic amines is 1. The number of nitrogens with zero attached hydrogens (tertiary/aromatic N) is 4. The Hall–Kier alpha value is -3.81. The highest BCUT2D eigenvalue weighted by Gasteiger charge is 2.23. The van der Waals surface area contributed by atoms with Gasteiger partial charge in [0.05, 0.1) is 18.0 Å². The number of hydrogen-bond donors (Lipinski definition) is 1. The quantitative estimate of drug-likeness (QED) is 0.375. The van der Waals surface area contributed by atoms with Gasteiger partial charge in [-0.15, -0.1) is 0 Å². The van der Waals surface area contributed by atoms with Gasteiger partial charge in [-0.3, -0.25) is 14.9 Å². The summed E-state index contributed by atoms with van der Waals surface area (Å²) in [5.41, 5.74) is 4.90. The van der Waals surface area contributed by atoms with Gasteiger partial charge in [0.15, 0.2) is 0 Å². The largest absolute Gasteiger partial charge is 0.350 e. The van der Waals surface area contributed by atoms with Crippen molar-refractivity contribution < 1.29 is 9.72 Å². The van der Waals surface area contributed by atoms with Crippen molar-refractivity contribution in [2.75, 3.05) is 0 Å². The highest BCUT2D eigenvalue weighted by atomic mass is 16.6. The van der Waals surface area contributed by atoms with Gasteiger partial charge in [-0.1, -0.05) is 12.1 Å². The fourth-order valence-corrected chi connectivity index (χ4v) is 3.82. The van der Waals surface area contributed by atoms with Crippen molar-refractivity contribution in [3.63, 3.8) is 0 Å². The normalized spacial score (nSPS) is 11.2. The molecule has 0 aliphatic rings. The molecule has 0 saturated heterocycles. The summed E-state index contributed by atoms with van der Waals surface area (Å²) in [5.74, 6) is -0.205. The number of non-ortho nitro benzene ring substituents is 1. The molecule has 1 amide bonds. The maximum absolute atomic E-state index is 13.5. The number of H-pyrrole nitrogens is 1. The van der Waals surface area contributed by atoms with Crippen LogP contribution in [0.25, 0.3) is 10.9 Å². The van der Waals surface area contributed by atoms with E-state index in [0.29, 0.717) is 29.7 Å². The molecule has 0 aliphatic carbocycles. The minimum atomic E-state index is -0.440. The highest BCUT2D eigenvalue weighted by molar-refractivity contribution is 6.00. The Morgan fingerprint density at radius 3 is 2.06 bits per heavy atom. The number of nitro groups is 1. The third-order valence-corrected chi connectivity index (χ3v) is 6.01. The van der Waals surface area contributed by atoms with Gasteiger partial charge >= 0.3 is 0 Å². The average molecular weight is 419 g/mol. The van der Waals surface area contributed by atoms with Crippen LogP contribution in [0.2, 0.25) is 0 Å². The van der Waals surface area contributed by atoms with E-state index >= 15 is 0 Å². The predicted molar refractivity (Wildman–Crippen MR) is 119 cm³/mol. The number of benzene rings is 1. The van der Waals surface area contributed by atoms with E-state index in [9.17, 15) is 14.9 Å². The smallest absolute Gasteiger partial charge is 0.293 e. The van der Waals surface area contributed by atoms with Gasteiger partial charge in [-0.05, 0) is 44.2 Å². The maximum atomic E-state index is 13.5. The van der Waals surface area contributed by atoms with Crippen LogP contribution < -0.4 is 0 Å². The topological polar surface area (TPSA) is 89.1 Å². The number of amides is 1. The summed E-state index contributed by atoms with van der Waals surface area (Å²) < 4.78 is 4.12. The summed E-state index contributed by atoms with van der Waals surface area (Å²) in [6, 6.07) is 14.6. The molecule has 3 aromatic heterocycles. The molecule has 0 atom stereocenters. The number of carbonyl (C=O) groups is 1. The number of carbonyl (C=O) groups excluding carboxylic acids is 1. The second-order valence-electron chi connectivity index (χ2n) is 7.89. The van der Waals surface area contributed by atoms with E-state index in [2.05, 4.69) is 14.1 Å². The first kappa shape index (κ1) is 20.5. The lowest BCUT2D eigenvalue weighted by molar-refractivity contribution is -0.383. The number of fused-ring (bicyclic) bond motifs is 1. The molecule has 8 heteroatoms. The number of para-hydroxylation sites is 1. The van der Waals surface area contributed by atoms with Gasteiger partial charge in [-0.2, -0.15) is 0 Å². The molecule has 160 valence electrons. The third kappa shape index (κ3) is 3.72. The Morgan fingerprint density at radius 1 is 1.00 bits per heavy atom. The summed E-state index contributed by atoms with van der Waals surface area (Å²) in [5, 5.41) is 12.0. The molecule has 0 fully saturated rings. The first-order chi connectivity index (χ1) is 14.8. The summed E-state index contributed by atoms with van der Waals surface area (Å²) in [4.78, 5) is 29.2. The Morgan fingerprint density at radius 2 is 1.58 bits per heavy atom. The standard InChI is InChI=1S/C23H25N5O3/c1-15-8-10-18(25(15)3)13-27(14-19-11-9-16(2)26(19)4)23(29)20-12-17-6-5-7-21(28(30)31)22(17)24-20/h5-12,24H,13-14H2,1-4H3. The number of aryl methyl sites for hydroxylation is 2. The minimum Gasteiger partial charge on any atom is -0.350 e. The lowest BCUT2D eigenvalue weighted by Gasteiger charge is -2.23. The van der Waals surface area contributed by atoms with E-state index in [4.69, 9.17) is 0 Å². The van der Waals surface area contributed by atoms with Crippen molar-refractivity contribution in [2.24, 2.45) is 14.1 Å². The van der Waals surface area contributed by atoms with Crippen LogP contribution in [0.4, 0.5) is 5.69 Å². The van der Waals surface area contributed by atoms with Crippen LogP contribution in [-0.2, 0) is 27.2 Å². The van der Waals surface area contributed by atoms with Crippen molar-refractivity contribution in [1.29, 1.82) is 0 Å². The van der Waals surface area contributed by atoms with Crippen LogP contribution >= 0.6 is 0 Å². The zero-order valence-corrected chi connectivity index (χ0v) is 18.0. The number of nitro benzene ring substituents is 1. The minimum absolute atomic E-state index is 0.0424. The first-order valence-corrected chi connectivity index (χ1v) is 10.0. The molecular weight excluding hydrogens is 394 g/mol. The summed E-state index contributed by atoms with van der Waals surface area (Å²) in [6.07, 6.45) is 0. The van der Waals surface area contributed by atoms with Crippen LogP contribution in [0.3, 0.4) is 0 Å². The Bertz CT molecular complexity index is 1250. The Kier molecular flexibility index (Phi) is 5.14. The maximum Gasteiger partial charge on any atom is 0.293 e. The number of hydrogen-bond acceptors (Lipinski definition) is 3. The number of nitrogens with one attached hydrogen (secondary N) is 1. The van der Waals surface area contributed by atoms with Gasteiger partial charge in [0.2, 0.25) is 0 Å². The average Bonchev–Trinajstić information content (AvgIpc) is 3.41. The molecule has 0 unspecified atom stereocenters. The molecule has 8 nitrogen and oxygen atoms in total. The molecule has 0 aliphatic heterocycles. The van der Waals surface area contributed by atoms with Crippen molar-refractivity contribution in [3.8, 4) is 0 Å². The van der Waals surface area contributed by atoms with Crippen LogP contribution in [-0.4, -0.2) is 29.8 Å². The van der Waals surface area contributed by atoms with Crippen LogP contribution in [0.15, 0.2) is 48.5 Å². The first-order valence-electron chi connectivity index (χ1n) is 10.0. The molecule has 3 heterocycles. The van der Waals surface area contributed by atoms with Gasteiger partial charge in [0, 0.05) is 48.3 Å². The number of rotatable bonds is 6. The zero-order valence-electron chi connectivity index (χ0n) is 18.0. The van der Waals surface area contributed by atoms with E-state index in [1.54, 1.807) is 23.1 Å². The van der Waals surface area contributed by atoms with Crippen LogP contribution in [0.1, 0.15) is 33.3 Å². The van der Waals surface area contributed by atoms with E-state index in [1.165, 1.54) is 6.07 Å². The van der Waals surface area contributed by atoms with Gasteiger partial charge < -0.3 is 19.0 Å². The highest BCUT2D eigenvalue weighted by Crippen LogP contribution is 2.26. The monoisotopic (exact) mass is 419 g/mol. The Labute approximate surface area is 179 Å². The fourth-order valence-electron chi connectivity index (χ4n) is 3.82. The molecule has 4 rings (SSSR count). The molecule has 1 N–H and O–H groups in total. The SMILES string of the molecule is Cc1ccc(CN(Cc2ccc(C)n2C)C(=O)c2cc3cccc([N+](=O)[O-])c3[nH]2)n1C. The van der Waals surface area contributed by atoms with Crippen molar-refractivity contribution in [1.82, 2.24) is 19.0 Å². The van der Waals surface area contributed by atoms with Crippen molar-refractivity contribution in [3.05, 3.63) is 87.1 Å². The second kappa shape index (κ2) is 7.79. The van der Waals surface area contributed by atoms with E-state index in [0.717, 1.165) is 22.8 Å². The molecule has 31 heavy (non-hydrogen) atoms. The summed E-state index contributed by atoms with van der Waals surface area (Å²) >= 11 is 0. The molecule has 4 aromatic rings. The van der Waals surface area contributed by atoms with Crippen molar-refractivity contribution in [2.45, 2.75) is 26.9 Å². The van der Waals surface area contributed by atoms with E-state index < -0.39 is 4.92 Å². The van der Waals surface area contributed by atoms with Crippen LogP contribution in [0, 0.1) is 24.0 Å².